The lowest BCUT2D eigenvalue weighted by Gasteiger charge is -2.09. The van der Waals surface area contributed by atoms with Crippen LogP contribution in [0.5, 0.6) is 0 Å². The number of hydrogen-bond donors (Lipinski definition) is 1. The Morgan fingerprint density at radius 2 is 2.00 bits per heavy atom. The van der Waals surface area contributed by atoms with Gasteiger partial charge in [0.25, 0.3) is 5.91 Å². The van der Waals surface area contributed by atoms with E-state index in [0.717, 1.165) is 12.7 Å². The van der Waals surface area contributed by atoms with Crippen LogP contribution < -0.4 is 5.32 Å². The molecule has 0 fully saturated rings. The van der Waals surface area contributed by atoms with Gasteiger partial charge < -0.3 is 5.32 Å². The topological polar surface area (TPSA) is 42.0 Å². The molecular weight excluding hydrogens is 489 g/mol. The Kier molecular flexibility index (Phi) is 5.02. The summed E-state index contributed by atoms with van der Waals surface area (Å²) in [5, 5.41) is 3.21. The van der Waals surface area contributed by atoms with Crippen molar-refractivity contribution in [2.45, 2.75) is 6.92 Å². The van der Waals surface area contributed by atoms with Gasteiger partial charge in [0.1, 0.15) is 5.82 Å². The molecule has 0 saturated heterocycles. The maximum Gasteiger partial charge on any atom is 0.258 e. The van der Waals surface area contributed by atoms with Crippen LogP contribution in [0.2, 0.25) is 5.02 Å². The summed E-state index contributed by atoms with van der Waals surface area (Å²) in [6, 6.07) is 7.28. The molecule has 0 aliphatic heterocycles. The fourth-order valence-electron chi connectivity index (χ4n) is 1.52. The van der Waals surface area contributed by atoms with E-state index in [4.69, 9.17) is 11.6 Å². The van der Waals surface area contributed by atoms with Crippen LogP contribution in [0.1, 0.15) is 15.9 Å². The lowest BCUT2D eigenvalue weighted by molar-refractivity contribution is 0.102. The Morgan fingerprint density at radius 3 is 2.68 bits per heavy atom. The van der Waals surface area contributed by atoms with Crippen LogP contribution in [-0.4, -0.2) is 10.9 Å². The van der Waals surface area contributed by atoms with Crippen molar-refractivity contribution in [3.8, 4) is 0 Å². The average molecular weight is 498 g/mol. The second kappa shape index (κ2) is 6.36. The highest BCUT2D eigenvalue weighted by molar-refractivity contribution is 14.1. The van der Waals surface area contributed by atoms with Crippen molar-refractivity contribution in [3.05, 3.63) is 53.8 Å². The van der Waals surface area contributed by atoms with E-state index in [2.05, 4.69) is 55.5 Å². The van der Waals surface area contributed by atoms with Crippen molar-refractivity contribution in [2.75, 3.05) is 5.32 Å². The number of aryl methyl sites for hydroxylation is 1. The first kappa shape index (κ1) is 15.0. The number of amides is 1. The Labute approximate surface area is 143 Å². The molecular formula is C13H9ClI2N2O. The molecule has 0 atom stereocenters. The first-order valence-corrected chi connectivity index (χ1v) is 7.89. The van der Waals surface area contributed by atoms with E-state index in [1.54, 1.807) is 18.3 Å². The Balaban J connectivity index is 2.28. The molecule has 2 aromatic rings. The molecule has 1 N–H and O–H groups in total. The van der Waals surface area contributed by atoms with Crippen molar-refractivity contribution < 1.29 is 4.79 Å². The second-order valence-electron chi connectivity index (χ2n) is 3.90. The molecule has 6 heteroatoms. The number of anilines is 1. The largest absolute Gasteiger partial charge is 0.306 e. The summed E-state index contributed by atoms with van der Waals surface area (Å²) in [5.74, 6) is 0.306. The third kappa shape index (κ3) is 3.79. The number of nitrogens with zero attached hydrogens (tertiary/aromatic N) is 1. The van der Waals surface area contributed by atoms with E-state index in [-0.39, 0.29) is 5.91 Å². The maximum absolute atomic E-state index is 12.2. The average Bonchev–Trinajstić information content (AvgIpc) is 2.35. The van der Waals surface area contributed by atoms with Crippen LogP contribution in [0.4, 0.5) is 5.82 Å². The van der Waals surface area contributed by atoms with E-state index in [1.807, 2.05) is 19.1 Å². The van der Waals surface area contributed by atoms with Crippen LogP contribution in [0.15, 0.2) is 30.5 Å². The molecule has 98 valence electrons. The van der Waals surface area contributed by atoms with Gasteiger partial charge in [-0.15, -0.1) is 0 Å². The predicted octanol–water partition coefficient (Wildman–Crippen LogP) is 4.50. The van der Waals surface area contributed by atoms with Crippen molar-refractivity contribution in [3.63, 3.8) is 0 Å². The number of nitrogens with one attached hydrogen (secondary N) is 1. The van der Waals surface area contributed by atoms with Crippen LogP contribution >= 0.6 is 56.8 Å². The van der Waals surface area contributed by atoms with Gasteiger partial charge in [0, 0.05) is 13.3 Å². The lowest BCUT2D eigenvalue weighted by atomic mass is 10.2. The zero-order chi connectivity index (χ0) is 14.0. The van der Waals surface area contributed by atoms with Gasteiger partial charge in [0.2, 0.25) is 0 Å². The summed E-state index contributed by atoms with van der Waals surface area (Å²) in [5.41, 5.74) is 1.37. The summed E-state index contributed by atoms with van der Waals surface area (Å²) in [6.07, 6.45) is 1.71. The standard InChI is InChI=1S/C13H9ClI2N2O/c1-7-4-9(16)6-17-12(7)18-13(19)10-5-8(15)2-3-11(10)14/h2-6H,1H3,(H,17,18,19). The highest BCUT2D eigenvalue weighted by atomic mass is 127. The molecule has 0 unspecified atom stereocenters. The molecule has 0 spiro atoms. The minimum Gasteiger partial charge on any atom is -0.306 e. The third-order valence-corrected chi connectivity index (χ3v) is 4.04. The second-order valence-corrected chi connectivity index (χ2v) is 6.80. The Morgan fingerprint density at radius 1 is 1.26 bits per heavy atom. The lowest BCUT2D eigenvalue weighted by Crippen LogP contribution is -2.14. The molecule has 19 heavy (non-hydrogen) atoms. The van der Waals surface area contributed by atoms with Gasteiger partial charge in [0.15, 0.2) is 0 Å². The zero-order valence-corrected chi connectivity index (χ0v) is 14.9. The molecule has 0 aliphatic carbocycles. The molecule has 1 aromatic carbocycles. The highest BCUT2D eigenvalue weighted by Crippen LogP contribution is 2.21. The van der Waals surface area contributed by atoms with Crippen LogP contribution in [0, 0.1) is 14.1 Å². The molecule has 0 saturated carbocycles. The molecule has 2 rings (SSSR count). The minimum absolute atomic E-state index is 0.250. The number of halogens is 3. The van der Waals surface area contributed by atoms with E-state index in [9.17, 15) is 4.79 Å². The molecule has 3 nitrogen and oxygen atoms in total. The molecule has 0 bridgehead atoms. The van der Waals surface area contributed by atoms with Crippen molar-refractivity contribution in [2.24, 2.45) is 0 Å². The van der Waals surface area contributed by atoms with E-state index in [0.29, 0.717) is 16.4 Å². The maximum atomic E-state index is 12.2. The van der Waals surface area contributed by atoms with Gasteiger partial charge in [0.05, 0.1) is 10.6 Å². The summed E-state index contributed by atoms with van der Waals surface area (Å²) >= 11 is 10.4. The number of carbonyl (C=O) groups is 1. The molecule has 1 heterocycles. The minimum atomic E-state index is -0.250. The van der Waals surface area contributed by atoms with E-state index in [1.165, 1.54) is 0 Å². The summed E-state index contributed by atoms with van der Waals surface area (Å²) < 4.78 is 1.99. The van der Waals surface area contributed by atoms with Gasteiger partial charge >= 0.3 is 0 Å². The number of benzene rings is 1. The van der Waals surface area contributed by atoms with Gasteiger partial charge in [-0.2, -0.15) is 0 Å². The fraction of sp³-hybridized carbons (Fsp3) is 0.0769. The Bertz CT molecular complexity index is 647. The molecule has 0 radical (unpaired) electrons. The fourth-order valence-corrected chi connectivity index (χ4v) is 2.82. The van der Waals surface area contributed by atoms with Gasteiger partial charge in [-0.3, -0.25) is 4.79 Å². The monoisotopic (exact) mass is 498 g/mol. The molecule has 0 aliphatic rings. The van der Waals surface area contributed by atoms with E-state index < -0.39 is 0 Å². The molecule has 1 amide bonds. The summed E-state index contributed by atoms with van der Waals surface area (Å²) in [4.78, 5) is 16.4. The number of rotatable bonds is 2. The first-order chi connectivity index (χ1) is 8.97. The highest BCUT2D eigenvalue weighted by Gasteiger charge is 2.13. The number of pyridine rings is 1. The first-order valence-electron chi connectivity index (χ1n) is 5.36. The quantitative estimate of drug-likeness (QED) is 0.620. The van der Waals surface area contributed by atoms with Crippen LogP contribution in [0.3, 0.4) is 0 Å². The number of carbonyl (C=O) groups excluding carboxylic acids is 1. The zero-order valence-electron chi connectivity index (χ0n) is 9.88. The van der Waals surface area contributed by atoms with Crippen LogP contribution in [0.25, 0.3) is 0 Å². The normalized spacial score (nSPS) is 10.3. The van der Waals surface area contributed by atoms with Crippen molar-refractivity contribution in [1.29, 1.82) is 0 Å². The Hall–Kier alpha value is -0.410. The van der Waals surface area contributed by atoms with E-state index >= 15 is 0 Å². The van der Waals surface area contributed by atoms with Gasteiger partial charge in [-0.05, 0) is 81.9 Å². The SMILES string of the molecule is Cc1cc(I)cnc1NC(=O)c1cc(I)ccc1Cl. The van der Waals surface area contributed by atoms with Gasteiger partial charge in [-0.1, -0.05) is 11.6 Å². The van der Waals surface area contributed by atoms with Crippen LogP contribution in [-0.2, 0) is 0 Å². The summed E-state index contributed by atoms with van der Waals surface area (Å²) in [7, 11) is 0. The number of hydrogen-bond acceptors (Lipinski definition) is 2. The van der Waals surface area contributed by atoms with Crippen molar-refractivity contribution >= 4 is 68.5 Å². The smallest absolute Gasteiger partial charge is 0.258 e. The van der Waals surface area contributed by atoms with Crippen molar-refractivity contribution in [1.82, 2.24) is 4.98 Å². The third-order valence-electron chi connectivity index (χ3n) is 2.45. The number of aromatic nitrogens is 1. The summed E-state index contributed by atoms with van der Waals surface area (Å²) in [6.45, 7) is 1.90. The molecule has 1 aromatic heterocycles. The predicted molar refractivity (Wildman–Crippen MR) is 93.8 cm³/mol. The van der Waals surface area contributed by atoms with Gasteiger partial charge in [-0.25, -0.2) is 4.98 Å².